The number of ether oxygens (including phenoxy) is 1. The molecule has 0 heterocycles. The van der Waals surface area contributed by atoms with E-state index in [9.17, 15) is 0 Å². The van der Waals surface area contributed by atoms with Gasteiger partial charge in [0.15, 0.2) is 0 Å². The molecule has 0 spiro atoms. The van der Waals surface area contributed by atoms with Crippen LogP contribution in [0.2, 0.25) is 0 Å². The predicted octanol–water partition coefficient (Wildman–Crippen LogP) is 1.33. The van der Waals surface area contributed by atoms with Crippen LogP contribution >= 0.6 is 0 Å². The van der Waals surface area contributed by atoms with Gasteiger partial charge in [0.05, 0.1) is 6.61 Å². The Morgan fingerprint density at radius 3 is 2.43 bits per heavy atom. The van der Waals surface area contributed by atoms with E-state index in [2.05, 4.69) is 32.7 Å². The maximum absolute atomic E-state index is 5.52. The monoisotopic (exact) mass is 202 g/mol. The average Bonchev–Trinajstić information content (AvgIpc) is 2.12. The van der Waals surface area contributed by atoms with E-state index in [-0.39, 0.29) is 0 Å². The Balaban J connectivity index is 3.38. The second-order valence-corrected chi connectivity index (χ2v) is 4.38. The van der Waals surface area contributed by atoms with Gasteiger partial charge < -0.3 is 15.4 Å². The van der Waals surface area contributed by atoms with Crippen molar-refractivity contribution >= 4 is 0 Å². The number of nitrogens with two attached hydrogens (primary N) is 1. The molecule has 0 bridgehead atoms. The molecule has 0 amide bonds. The van der Waals surface area contributed by atoms with Crippen molar-refractivity contribution in [1.29, 1.82) is 0 Å². The van der Waals surface area contributed by atoms with Crippen LogP contribution < -0.4 is 5.73 Å². The van der Waals surface area contributed by atoms with Crippen LogP contribution in [0.25, 0.3) is 0 Å². The normalized spacial score (nSPS) is 13.9. The number of rotatable bonds is 8. The Morgan fingerprint density at radius 2 is 1.93 bits per heavy atom. The summed E-state index contributed by atoms with van der Waals surface area (Å²) >= 11 is 0. The Labute approximate surface area is 88.6 Å². The summed E-state index contributed by atoms with van der Waals surface area (Å²) in [4.78, 5) is 2.30. The summed E-state index contributed by atoms with van der Waals surface area (Å²) in [5.74, 6) is 0.627. The molecule has 3 heteroatoms. The number of likely N-dealkylation sites (N-methyl/N-ethyl adjacent to an activating group) is 1. The Hall–Kier alpha value is -0.120. The molecule has 0 aliphatic heterocycles. The van der Waals surface area contributed by atoms with Crippen LogP contribution in [-0.2, 0) is 4.74 Å². The molecular formula is C11H26N2O. The van der Waals surface area contributed by atoms with E-state index in [0.29, 0.717) is 12.0 Å². The first-order valence-corrected chi connectivity index (χ1v) is 5.56. The Kier molecular flexibility index (Phi) is 8.14. The first-order valence-electron chi connectivity index (χ1n) is 5.56. The van der Waals surface area contributed by atoms with E-state index < -0.39 is 0 Å². The quantitative estimate of drug-likeness (QED) is 0.603. The molecule has 1 atom stereocenters. The minimum absolute atomic E-state index is 0.558. The maximum Gasteiger partial charge on any atom is 0.0593 e. The van der Waals surface area contributed by atoms with Crippen LogP contribution in [-0.4, -0.2) is 44.3 Å². The molecule has 0 aromatic carbocycles. The van der Waals surface area contributed by atoms with Gasteiger partial charge in [-0.05, 0) is 32.9 Å². The zero-order chi connectivity index (χ0) is 11.0. The molecule has 2 N–H and O–H groups in total. The van der Waals surface area contributed by atoms with Crippen molar-refractivity contribution in [2.45, 2.75) is 33.2 Å². The van der Waals surface area contributed by atoms with Gasteiger partial charge in [0, 0.05) is 19.2 Å². The third-order valence-corrected chi connectivity index (χ3v) is 2.38. The summed E-state index contributed by atoms with van der Waals surface area (Å²) in [5, 5.41) is 0. The van der Waals surface area contributed by atoms with Crippen LogP contribution in [0.1, 0.15) is 27.2 Å². The summed E-state index contributed by atoms with van der Waals surface area (Å²) in [6.45, 7) is 9.98. The van der Waals surface area contributed by atoms with E-state index in [1.165, 1.54) is 0 Å². The molecule has 0 aromatic rings. The van der Waals surface area contributed by atoms with Gasteiger partial charge in [-0.25, -0.2) is 0 Å². The van der Waals surface area contributed by atoms with Crippen LogP contribution in [0, 0.1) is 5.92 Å². The van der Waals surface area contributed by atoms with Crippen molar-refractivity contribution in [3.63, 3.8) is 0 Å². The molecule has 0 aliphatic rings. The van der Waals surface area contributed by atoms with Gasteiger partial charge in [-0.1, -0.05) is 13.8 Å². The standard InChI is InChI=1S/C11H26N2O/c1-10(2)9-14-8-7-13(4)11(3)5-6-12/h10-11H,5-9,12H2,1-4H3. The summed E-state index contributed by atoms with van der Waals surface area (Å²) in [5.41, 5.74) is 5.50. The fourth-order valence-corrected chi connectivity index (χ4v) is 1.21. The van der Waals surface area contributed by atoms with Crippen LogP contribution in [0.3, 0.4) is 0 Å². The zero-order valence-electron chi connectivity index (χ0n) is 10.1. The lowest BCUT2D eigenvalue weighted by molar-refractivity contribution is 0.0824. The fourth-order valence-electron chi connectivity index (χ4n) is 1.21. The largest absolute Gasteiger partial charge is 0.380 e. The number of hydrogen-bond acceptors (Lipinski definition) is 3. The van der Waals surface area contributed by atoms with Crippen molar-refractivity contribution in [3.8, 4) is 0 Å². The van der Waals surface area contributed by atoms with Gasteiger partial charge in [-0.15, -0.1) is 0 Å². The molecule has 1 unspecified atom stereocenters. The molecule has 0 rings (SSSR count). The molecule has 0 aliphatic carbocycles. The van der Waals surface area contributed by atoms with E-state index in [1.54, 1.807) is 0 Å². The van der Waals surface area contributed by atoms with E-state index in [1.807, 2.05) is 0 Å². The maximum atomic E-state index is 5.52. The summed E-state index contributed by atoms with van der Waals surface area (Å²) in [7, 11) is 2.12. The van der Waals surface area contributed by atoms with E-state index in [4.69, 9.17) is 10.5 Å². The van der Waals surface area contributed by atoms with Crippen molar-refractivity contribution < 1.29 is 4.74 Å². The highest BCUT2D eigenvalue weighted by Gasteiger charge is 2.07. The van der Waals surface area contributed by atoms with Crippen molar-refractivity contribution in [2.75, 3.05) is 33.4 Å². The minimum atomic E-state index is 0.558. The highest BCUT2D eigenvalue weighted by molar-refractivity contribution is 4.63. The van der Waals surface area contributed by atoms with Gasteiger partial charge in [-0.3, -0.25) is 0 Å². The highest BCUT2D eigenvalue weighted by Crippen LogP contribution is 1.99. The van der Waals surface area contributed by atoms with Crippen molar-refractivity contribution in [3.05, 3.63) is 0 Å². The molecule has 0 radical (unpaired) electrons. The van der Waals surface area contributed by atoms with E-state index >= 15 is 0 Å². The fraction of sp³-hybridized carbons (Fsp3) is 1.00. The Morgan fingerprint density at radius 1 is 1.29 bits per heavy atom. The average molecular weight is 202 g/mol. The second kappa shape index (κ2) is 8.21. The highest BCUT2D eigenvalue weighted by atomic mass is 16.5. The van der Waals surface area contributed by atoms with Crippen LogP contribution in [0.15, 0.2) is 0 Å². The molecule has 86 valence electrons. The molecular weight excluding hydrogens is 176 g/mol. The summed E-state index contributed by atoms with van der Waals surface area (Å²) in [6.07, 6.45) is 1.06. The van der Waals surface area contributed by atoms with E-state index in [0.717, 1.165) is 32.7 Å². The van der Waals surface area contributed by atoms with Gasteiger partial charge in [-0.2, -0.15) is 0 Å². The molecule has 14 heavy (non-hydrogen) atoms. The van der Waals surface area contributed by atoms with Gasteiger partial charge >= 0.3 is 0 Å². The molecule has 0 saturated heterocycles. The van der Waals surface area contributed by atoms with Gasteiger partial charge in [0.1, 0.15) is 0 Å². The van der Waals surface area contributed by atoms with Crippen LogP contribution in [0.5, 0.6) is 0 Å². The van der Waals surface area contributed by atoms with Gasteiger partial charge in [0.2, 0.25) is 0 Å². The molecule has 0 fully saturated rings. The lowest BCUT2D eigenvalue weighted by Crippen LogP contribution is -2.33. The van der Waals surface area contributed by atoms with Crippen molar-refractivity contribution in [2.24, 2.45) is 11.7 Å². The molecule has 3 nitrogen and oxygen atoms in total. The SMILES string of the molecule is CC(C)COCCN(C)C(C)CCN. The number of nitrogens with zero attached hydrogens (tertiary/aromatic N) is 1. The molecule has 0 saturated carbocycles. The zero-order valence-corrected chi connectivity index (χ0v) is 10.1. The number of hydrogen-bond donors (Lipinski definition) is 1. The predicted molar refractivity (Wildman–Crippen MR) is 61.4 cm³/mol. The first kappa shape index (κ1) is 13.9. The van der Waals surface area contributed by atoms with Gasteiger partial charge in [0.25, 0.3) is 0 Å². The smallest absolute Gasteiger partial charge is 0.0593 e. The lowest BCUT2D eigenvalue weighted by Gasteiger charge is -2.24. The topological polar surface area (TPSA) is 38.5 Å². The molecule has 0 aromatic heterocycles. The lowest BCUT2D eigenvalue weighted by atomic mass is 10.2. The summed E-state index contributed by atoms with van der Waals surface area (Å²) < 4.78 is 5.52. The second-order valence-electron chi connectivity index (χ2n) is 4.38. The van der Waals surface area contributed by atoms with Crippen LogP contribution in [0.4, 0.5) is 0 Å². The third kappa shape index (κ3) is 7.30. The minimum Gasteiger partial charge on any atom is -0.380 e. The summed E-state index contributed by atoms with van der Waals surface area (Å²) in [6, 6.07) is 0.558. The first-order chi connectivity index (χ1) is 6.57. The Bertz CT molecular complexity index is 128. The third-order valence-electron chi connectivity index (χ3n) is 2.38. The van der Waals surface area contributed by atoms with Crippen molar-refractivity contribution in [1.82, 2.24) is 4.90 Å².